The van der Waals surface area contributed by atoms with E-state index in [0.717, 1.165) is 42.6 Å². The Balaban J connectivity index is 1.16. The van der Waals surface area contributed by atoms with Gasteiger partial charge in [-0.1, -0.05) is 38.8 Å². The van der Waals surface area contributed by atoms with Crippen LogP contribution in [0.2, 0.25) is 0 Å². The van der Waals surface area contributed by atoms with Crippen molar-refractivity contribution in [2.24, 2.45) is 21.5 Å². The van der Waals surface area contributed by atoms with Crippen LogP contribution in [0, 0.1) is 0 Å². The molecule has 4 amide bonds. The minimum absolute atomic E-state index is 0.0108. The molecule has 1 aromatic carbocycles. The van der Waals surface area contributed by atoms with E-state index in [0.29, 0.717) is 12.4 Å². The number of nitrogens with one attached hydrogen (secondary N) is 2. The van der Waals surface area contributed by atoms with Gasteiger partial charge in [0.2, 0.25) is 11.7 Å². The van der Waals surface area contributed by atoms with Crippen LogP contribution in [0.1, 0.15) is 61.9 Å². The molecule has 0 aromatic heterocycles. The summed E-state index contributed by atoms with van der Waals surface area (Å²) >= 11 is 0. The zero-order valence-electron chi connectivity index (χ0n) is 24.8. The number of para-hydroxylation sites is 1. The van der Waals surface area contributed by atoms with E-state index in [9.17, 15) is 24.6 Å². The highest BCUT2D eigenvalue weighted by molar-refractivity contribution is 6.02. The van der Waals surface area contributed by atoms with Crippen molar-refractivity contribution in [3.05, 3.63) is 29.3 Å². The Bertz CT molecular complexity index is 1490. The summed E-state index contributed by atoms with van der Waals surface area (Å²) in [6.07, 6.45) is 4.52. The number of hydrogen-bond donors (Lipinski definition) is 6. The number of ether oxygens (including phenoxy) is 1. The molecule has 236 valence electrons. The van der Waals surface area contributed by atoms with Crippen molar-refractivity contribution in [3.63, 3.8) is 0 Å². The highest BCUT2D eigenvalue weighted by atomic mass is 16.5. The van der Waals surface area contributed by atoms with Crippen molar-refractivity contribution >= 4 is 29.8 Å². The van der Waals surface area contributed by atoms with Crippen molar-refractivity contribution in [2.75, 3.05) is 26.2 Å². The summed E-state index contributed by atoms with van der Waals surface area (Å²) in [7, 11) is 0. The second-order valence-corrected chi connectivity index (χ2v) is 13.3. The molecule has 6 aliphatic rings. The first kappa shape index (κ1) is 28.6. The number of rotatable bonds is 5. The van der Waals surface area contributed by atoms with Gasteiger partial charge < -0.3 is 46.9 Å². The van der Waals surface area contributed by atoms with Gasteiger partial charge in [-0.2, -0.15) is 0 Å². The number of hydrogen-bond acceptors (Lipinski definition) is 12. The van der Waals surface area contributed by atoms with Crippen molar-refractivity contribution in [1.82, 2.24) is 25.3 Å². The predicted molar refractivity (Wildman–Crippen MR) is 157 cm³/mol. The van der Waals surface area contributed by atoms with Gasteiger partial charge in [-0.3, -0.25) is 14.5 Å². The molecule has 1 saturated carbocycles. The molecule has 1 spiro atoms. The topological polar surface area (TPSA) is 211 Å². The minimum atomic E-state index is -2.67. The summed E-state index contributed by atoms with van der Waals surface area (Å²) in [5, 5.41) is 29.4. The number of amides is 4. The minimum Gasteiger partial charge on any atom is -0.492 e. The molecule has 1 aromatic rings. The van der Waals surface area contributed by atoms with Gasteiger partial charge in [0, 0.05) is 18.2 Å². The molecule has 5 aliphatic heterocycles. The van der Waals surface area contributed by atoms with E-state index in [1.165, 1.54) is 4.90 Å². The zero-order valence-corrected chi connectivity index (χ0v) is 24.8. The van der Waals surface area contributed by atoms with E-state index >= 15 is 0 Å². The van der Waals surface area contributed by atoms with Crippen LogP contribution >= 0.6 is 0 Å². The first-order valence-electron chi connectivity index (χ1n) is 15.2. The smallest absolute Gasteiger partial charge is 0.327 e. The summed E-state index contributed by atoms with van der Waals surface area (Å²) in [5.74, 6) is -3.27. The van der Waals surface area contributed by atoms with Gasteiger partial charge in [-0.05, 0) is 30.7 Å². The van der Waals surface area contributed by atoms with E-state index in [1.807, 2.05) is 6.07 Å². The fourth-order valence-electron chi connectivity index (χ4n) is 7.85. The standard InChI is InChI=1S/C29H39N9O6/c1-27(2)10-11-44-21-16(8-5-9-17(21)27)23(40)33-19-13-38-25(31)32-18(22-28(38,29(19,42)43)35-24(30)34-22)12-37-20(39)14-36(26(37)41)15-6-3-4-7-15/h5,8-9,15,18-19,22,42-43H,3-4,6-7,10-14H2,1-2H3,(H2,31,32)(H,33,40)(H3,30,34,35)/t18-,19+,22?,28?/m1/s1. The lowest BCUT2D eigenvalue weighted by Crippen LogP contribution is -2.78. The lowest BCUT2D eigenvalue weighted by Gasteiger charge is -2.49. The first-order chi connectivity index (χ1) is 20.8. The third-order valence-corrected chi connectivity index (χ3v) is 10.3. The molecule has 2 saturated heterocycles. The van der Waals surface area contributed by atoms with Gasteiger partial charge in [-0.15, -0.1) is 0 Å². The molecule has 44 heavy (non-hydrogen) atoms. The van der Waals surface area contributed by atoms with Crippen LogP contribution in [0.4, 0.5) is 4.79 Å². The van der Waals surface area contributed by atoms with Crippen LogP contribution < -0.4 is 26.8 Å². The normalized spacial score (nSPS) is 32.0. The summed E-state index contributed by atoms with van der Waals surface area (Å²) in [5.41, 5.74) is 11.7. The molecule has 5 heterocycles. The Morgan fingerprint density at radius 2 is 1.93 bits per heavy atom. The SMILES string of the molecule is CC1(C)CCOc2c(C(=O)N[C@H]3CN4C(N)=N[C@H](CN5C(=O)CN(C6CCCC6)C5=O)C5N=C(N)NC54C3(O)O)cccc21. The van der Waals surface area contributed by atoms with E-state index in [4.69, 9.17) is 16.2 Å². The third kappa shape index (κ3) is 3.98. The summed E-state index contributed by atoms with van der Waals surface area (Å²) in [6, 6.07) is 1.71. The number of imide groups is 1. The van der Waals surface area contributed by atoms with Crippen molar-refractivity contribution in [1.29, 1.82) is 0 Å². The maximum atomic E-state index is 13.7. The molecular formula is C29H39N9O6. The number of aliphatic imine (C=N–C) groups is 2. The Labute approximate surface area is 254 Å². The van der Waals surface area contributed by atoms with Crippen LogP contribution in [-0.4, -0.2) is 117 Å². The number of carbonyl (C=O) groups excluding carboxylic acids is 3. The number of nitrogens with two attached hydrogens (primary N) is 2. The molecule has 15 heteroatoms. The molecule has 8 N–H and O–H groups in total. The molecule has 1 aliphatic carbocycles. The van der Waals surface area contributed by atoms with Gasteiger partial charge in [0.25, 0.3) is 5.91 Å². The second-order valence-electron chi connectivity index (χ2n) is 13.3. The lowest BCUT2D eigenvalue weighted by molar-refractivity contribution is -0.230. The van der Waals surface area contributed by atoms with E-state index in [-0.39, 0.29) is 54.5 Å². The van der Waals surface area contributed by atoms with Crippen LogP contribution in [0.5, 0.6) is 5.75 Å². The number of benzene rings is 1. The van der Waals surface area contributed by atoms with Crippen molar-refractivity contribution in [3.8, 4) is 5.75 Å². The highest BCUT2D eigenvalue weighted by Gasteiger charge is 2.73. The van der Waals surface area contributed by atoms with Crippen molar-refractivity contribution in [2.45, 2.75) is 87.0 Å². The Hall–Kier alpha value is -4.11. The Morgan fingerprint density at radius 3 is 2.68 bits per heavy atom. The average molecular weight is 610 g/mol. The third-order valence-electron chi connectivity index (χ3n) is 10.3. The van der Waals surface area contributed by atoms with Crippen LogP contribution in [0.25, 0.3) is 0 Å². The quantitative estimate of drug-likeness (QED) is 0.172. The number of aliphatic hydroxyl groups is 2. The molecule has 0 radical (unpaired) electrons. The fraction of sp³-hybridized carbons (Fsp3) is 0.621. The van der Waals surface area contributed by atoms with Gasteiger partial charge in [0.1, 0.15) is 24.4 Å². The van der Waals surface area contributed by atoms with Crippen LogP contribution in [0.15, 0.2) is 28.2 Å². The number of nitrogens with zero attached hydrogens (tertiary/aromatic N) is 5. The number of carbonyl (C=O) groups is 3. The highest BCUT2D eigenvalue weighted by Crippen LogP contribution is 2.46. The monoisotopic (exact) mass is 609 g/mol. The zero-order chi connectivity index (χ0) is 31.2. The molecule has 4 atom stereocenters. The maximum Gasteiger partial charge on any atom is 0.327 e. The number of urea groups is 1. The second kappa shape index (κ2) is 9.69. The molecule has 2 unspecified atom stereocenters. The molecular weight excluding hydrogens is 570 g/mol. The Morgan fingerprint density at radius 1 is 1.18 bits per heavy atom. The molecule has 3 fully saturated rings. The average Bonchev–Trinajstić information content (AvgIpc) is 3.72. The molecule has 15 nitrogen and oxygen atoms in total. The fourth-order valence-corrected chi connectivity index (χ4v) is 7.85. The predicted octanol–water partition coefficient (Wildman–Crippen LogP) is -1.27. The molecule has 7 rings (SSSR count). The van der Waals surface area contributed by atoms with Gasteiger partial charge in [-0.25, -0.2) is 14.8 Å². The number of fused-ring (bicyclic) bond motifs is 1. The largest absolute Gasteiger partial charge is 0.492 e. The Kier molecular flexibility index (Phi) is 6.31. The maximum absolute atomic E-state index is 13.7. The molecule has 0 bridgehead atoms. The van der Waals surface area contributed by atoms with Crippen molar-refractivity contribution < 1.29 is 29.3 Å². The lowest BCUT2D eigenvalue weighted by atomic mass is 9.79. The summed E-state index contributed by atoms with van der Waals surface area (Å²) < 4.78 is 5.91. The summed E-state index contributed by atoms with van der Waals surface area (Å²) in [6.45, 7) is 4.30. The van der Waals surface area contributed by atoms with E-state index < -0.39 is 41.5 Å². The van der Waals surface area contributed by atoms with Crippen LogP contribution in [-0.2, 0) is 10.2 Å². The number of guanidine groups is 2. The van der Waals surface area contributed by atoms with E-state index in [1.54, 1.807) is 17.0 Å². The first-order valence-corrected chi connectivity index (χ1v) is 15.2. The van der Waals surface area contributed by atoms with Gasteiger partial charge in [0.15, 0.2) is 17.6 Å². The van der Waals surface area contributed by atoms with Gasteiger partial charge >= 0.3 is 6.03 Å². The van der Waals surface area contributed by atoms with Crippen LogP contribution in [0.3, 0.4) is 0 Å². The summed E-state index contributed by atoms with van der Waals surface area (Å²) in [4.78, 5) is 53.2. The van der Waals surface area contributed by atoms with Gasteiger partial charge in [0.05, 0.1) is 24.8 Å². The van der Waals surface area contributed by atoms with E-state index in [2.05, 4.69) is 34.5 Å².